The van der Waals surface area contributed by atoms with E-state index in [0.29, 0.717) is 12.5 Å². The maximum absolute atomic E-state index is 12.8. The van der Waals surface area contributed by atoms with Crippen LogP contribution in [0.1, 0.15) is 33.1 Å². The summed E-state index contributed by atoms with van der Waals surface area (Å²) in [6, 6.07) is 6.00. The number of hydrogen-bond donors (Lipinski definition) is 1. The van der Waals surface area contributed by atoms with Crippen LogP contribution in [0.2, 0.25) is 0 Å². The van der Waals surface area contributed by atoms with Gasteiger partial charge in [-0.2, -0.15) is 0 Å². The summed E-state index contributed by atoms with van der Waals surface area (Å²) in [5.41, 5.74) is 1.07. The highest BCUT2D eigenvalue weighted by Crippen LogP contribution is 2.56. The monoisotopic (exact) mass is 411 g/mol. The van der Waals surface area contributed by atoms with Gasteiger partial charge in [0.15, 0.2) is 0 Å². The fraction of sp³-hybridized carbons (Fsp3) is 0.667. The maximum Gasteiger partial charge on any atom is 0.311 e. The van der Waals surface area contributed by atoms with E-state index in [1.807, 2.05) is 24.4 Å². The highest BCUT2D eigenvalue weighted by molar-refractivity contribution is 5.76. The number of piperazine rings is 1. The number of aliphatic hydroxyl groups excluding tert-OH is 1. The van der Waals surface area contributed by atoms with E-state index in [1.165, 1.54) is 5.57 Å². The zero-order valence-corrected chi connectivity index (χ0v) is 18.0. The SMILES string of the molecule is C[C@@H]1CCC=C2C[C@H]3OC(=O)[C@@H](CN4CCN(c5ccccn5)CC4)[C@H]3[C@@H](O)[C@@]21C. The first-order valence-corrected chi connectivity index (χ1v) is 11.4. The van der Waals surface area contributed by atoms with E-state index in [1.54, 1.807) is 0 Å². The van der Waals surface area contributed by atoms with Crippen molar-refractivity contribution in [2.24, 2.45) is 23.2 Å². The fourth-order valence-electron chi connectivity index (χ4n) is 6.25. The summed E-state index contributed by atoms with van der Waals surface area (Å²) in [4.78, 5) is 21.9. The van der Waals surface area contributed by atoms with Crippen molar-refractivity contribution in [2.45, 2.75) is 45.3 Å². The van der Waals surface area contributed by atoms with E-state index in [0.717, 1.165) is 51.3 Å². The van der Waals surface area contributed by atoms with Gasteiger partial charge in [-0.15, -0.1) is 0 Å². The minimum absolute atomic E-state index is 0.103. The molecule has 4 aliphatic rings. The van der Waals surface area contributed by atoms with Crippen molar-refractivity contribution in [2.75, 3.05) is 37.6 Å². The fourth-order valence-corrected chi connectivity index (χ4v) is 6.25. The molecule has 6 heteroatoms. The number of aliphatic hydroxyl groups is 1. The molecule has 162 valence electrons. The number of carbonyl (C=O) groups is 1. The lowest BCUT2D eigenvalue weighted by Gasteiger charge is -2.52. The number of fused-ring (bicyclic) bond motifs is 2. The number of rotatable bonds is 3. The highest BCUT2D eigenvalue weighted by Gasteiger charge is 2.59. The molecule has 1 saturated carbocycles. The molecule has 0 amide bonds. The number of aromatic nitrogens is 1. The van der Waals surface area contributed by atoms with Crippen LogP contribution in [-0.4, -0.2) is 65.9 Å². The van der Waals surface area contributed by atoms with Crippen LogP contribution in [-0.2, 0) is 9.53 Å². The third kappa shape index (κ3) is 3.16. The summed E-state index contributed by atoms with van der Waals surface area (Å²) in [7, 11) is 0. The summed E-state index contributed by atoms with van der Waals surface area (Å²) in [6.45, 7) is 8.72. The average Bonchev–Trinajstić information content (AvgIpc) is 3.07. The van der Waals surface area contributed by atoms with Crippen LogP contribution in [0, 0.1) is 23.2 Å². The molecule has 6 nitrogen and oxygen atoms in total. The molecular weight excluding hydrogens is 378 g/mol. The minimum atomic E-state index is -0.524. The first kappa shape index (κ1) is 20.0. The van der Waals surface area contributed by atoms with Crippen LogP contribution in [0.4, 0.5) is 5.82 Å². The van der Waals surface area contributed by atoms with Crippen LogP contribution >= 0.6 is 0 Å². The molecular formula is C24H33N3O3. The van der Waals surface area contributed by atoms with Gasteiger partial charge < -0.3 is 14.7 Å². The van der Waals surface area contributed by atoms with Crippen molar-refractivity contribution in [1.82, 2.24) is 9.88 Å². The normalized spacial score (nSPS) is 39.2. The van der Waals surface area contributed by atoms with E-state index in [9.17, 15) is 9.90 Å². The molecule has 2 aliphatic carbocycles. The Hall–Kier alpha value is -1.92. The number of nitrogens with zero attached hydrogens (tertiary/aromatic N) is 3. The summed E-state index contributed by atoms with van der Waals surface area (Å²) < 4.78 is 5.82. The molecule has 1 aromatic heterocycles. The highest BCUT2D eigenvalue weighted by atomic mass is 16.6. The predicted octanol–water partition coefficient (Wildman–Crippen LogP) is 2.49. The number of allylic oxidation sites excluding steroid dienone is 1. The van der Waals surface area contributed by atoms with Crippen LogP contribution < -0.4 is 4.90 Å². The molecule has 3 heterocycles. The Bertz CT molecular complexity index is 820. The third-order valence-electron chi connectivity index (χ3n) is 8.37. The van der Waals surface area contributed by atoms with Gasteiger partial charge in [-0.05, 0) is 30.9 Å². The lowest BCUT2D eigenvalue weighted by atomic mass is 9.55. The molecule has 30 heavy (non-hydrogen) atoms. The van der Waals surface area contributed by atoms with Crippen LogP contribution in [0.3, 0.4) is 0 Å². The molecule has 1 N–H and O–H groups in total. The van der Waals surface area contributed by atoms with E-state index in [-0.39, 0.29) is 29.3 Å². The van der Waals surface area contributed by atoms with Gasteiger partial charge >= 0.3 is 5.97 Å². The quantitative estimate of drug-likeness (QED) is 0.609. The standard InChI is InChI=1S/C24H33N3O3/c1-16-6-5-7-17-14-19-21(22(28)24(16,17)2)18(23(29)30-19)15-26-10-12-27(13-11-26)20-8-3-4-9-25-20/h3-4,7-9,16,18-19,21-22,28H,5-6,10-15H2,1-2H3/t16-,18+,19-,21-,22-,24-/m1/s1. The van der Waals surface area contributed by atoms with Gasteiger partial charge in [0.25, 0.3) is 0 Å². The van der Waals surface area contributed by atoms with Crippen LogP contribution in [0.25, 0.3) is 0 Å². The molecule has 2 aliphatic heterocycles. The molecule has 0 spiro atoms. The van der Waals surface area contributed by atoms with Crippen molar-refractivity contribution in [3.8, 4) is 0 Å². The van der Waals surface area contributed by atoms with Gasteiger partial charge in [-0.1, -0.05) is 31.6 Å². The molecule has 6 atom stereocenters. The molecule has 1 aromatic rings. The second-order valence-corrected chi connectivity index (χ2v) is 9.77. The molecule has 3 fully saturated rings. The number of carbonyl (C=O) groups excluding carboxylic acids is 1. The maximum atomic E-state index is 12.8. The summed E-state index contributed by atoms with van der Waals surface area (Å²) in [5.74, 6) is 0.977. The lowest BCUT2D eigenvalue weighted by molar-refractivity contribution is -0.145. The Morgan fingerprint density at radius 1 is 1.27 bits per heavy atom. The third-order valence-corrected chi connectivity index (χ3v) is 8.37. The van der Waals surface area contributed by atoms with Crippen molar-refractivity contribution in [3.05, 3.63) is 36.0 Å². The summed E-state index contributed by atoms with van der Waals surface area (Å²) in [6.07, 6.45) is 6.38. The van der Waals surface area contributed by atoms with Crippen molar-refractivity contribution < 1.29 is 14.6 Å². The Labute approximate surface area is 178 Å². The molecule has 0 bridgehead atoms. The Morgan fingerprint density at radius 3 is 2.80 bits per heavy atom. The summed E-state index contributed by atoms with van der Waals surface area (Å²) in [5, 5.41) is 11.5. The van der Waals surface area contributed by atoms with Crippen LogP contribution in [0.15, 0.2) is 36.0 Å². The van der Waals surface area contributed by atoms with Gasteiger partial charge in [0.05, 0.1) is 12.0 Å². The first-order chi connectivity index (χ1) is 14.5. The van der Waals surface area contributed by atoms with Crippen LogP contribution in [0.5, 0.6) is 0 Å². The second-order valence-electron chi connectivity index (χ2n) is 9.77. The van der Waals surface area contributed by atoms with Gasteiger partial charge in [0.2, 0.25) is 0 Å². The minimum Gasteiger partial charge on any atom is -0.461 e. The molecule has 5 rings (SSSR count). The molecule has 0 aromatic carbocycles. The van der Waals surface area contributed by atoms with E-state index >= 15 is 0 Å². The molecule has 2 saturated heterocycles. The van der Waals surface area contributed by atoms with E-state index in [2.05, 4.69) is 34.7 Å². The van der Waals surface area contributed by atoms with E-state index < -0.39 is 6.10 Å². The number of hydrogen-bond acceptors (Lipinski definition) is 6. The number of pyridine rings is 1. The lowest BCUT2D eigenvalue weighted by Crippen LogP contribution is -2.55. The largest absolute Gasteiger partial charge is 0.461 e. The van der Waals surface area contributed by atoms with Gasteiger partial charge in [0, 0.05) is 56.7 Å². The number of ether oxygens (including phenoxy) is 1. The zero-order valence-electron chi connectivity index (χ0n) is 18.0. The van der Waals surface area contributed by atoms with Crippen molar-refractivity contribution in [1.29, 1.82) is 0 Å². The number of anilines is 1. The number of esters is 1. The molecule has 0 radical (unpaired) electrons. The Morgan fingerprint density at radius 2 is 2.07 bits per heavy atom. The van der Waals surface area contributed by atoms with Gasteiger partial charge in [0.1, 0.15) is 11.9 Å². The van der Waals surface area contributed by atoms with Crippen molar-refractivity contribution >= 4 is 11.8 Å². The second kappa shape index (κ2) is 7.65. The van der Waals surface area contributed by atoms with Crippen molar-refractivity contribution in [3.63, 3.8) is 0 Å². The zero-order chi connectivity index (χ0) is 20.9. The Balaban J connectivity index is 1.28. The predicted molar refractivity (Wildman–Crippen MR) is 115 cm³/mol. The topological polar surface area (TPSA) is 65.9 Å². The average molecular weight is 412 g/mol. The smallest absolute Gasteiger partial charge is 0.311 e. The van der Waals surface area contributed by atoms with E-state index in [4.69, 9.17) is 4.74 Å². The summed E-state index contributed by atoms with van der Waals surface area (Å²) >= 11 is 0. The van der Waals surface area contributed by atoms with Gasteiger partial charge in [-0.25, -0.2) is 4.98 Å². The Kier molecular flexibility index (Phi) is 5.10. The first-order valence-electron chi connectivity index (χ1n) is 11.4. The molecule has 0 unspecified atom stereocenters. The van der Waals surface area contributed by atoms with Gasteiger partial charge in [-0.3, -0.25) is 9.69 Å².